The number of methoxy groups -OCH3 is 1. The van der Waals surface area contributed by atoms with E-state index < -0.39 is 23.9 Å². The molecule has 6 nitrogen and oxygen atoms in total. The molecule has 1 unspecified atom stereocenters. The van der Waals surface area contributed by atoms with Crippen LogP contribution in [0.2, 0.25) is 0 Å². The minimum Gasteiger partial charge on any atom is -0.494 e. The maximum Gasteiger partial charge on any atom is 0.408 e. The minimum absolute atomic E-state index is 0.0372. The van der Waals surface area contributed by atoms with Crippen LogP contribution in [0.25, 0.3) is 11.3 Å². The predicted octanol–water partition coefficient (Wildman–Crippen LogP) is 3.24. The van der Waals surface area contributed by atoms with Crippen LogP contribution >= 0.6 is 0 Å². The molecule has 1 amide bonds. The van der Waals surface area contributed by atoms with Crippen LogP contribution in [-0.2, 0) is 0 Å². The molecule has 0 aliphatic heterocycles. The molecule has 0 radical (unpaired) electrons. The highest BCUT2D eigenvalue weighted by Crippen LogP contribution is 2.33. The van der Waals surface area contributed by atoms with Crippen LogP contribution in [0, 0.1) is 5.82 Å². The summed E-state index contributed by atoms with van der Waals surface area (Å²) in [6.07, 6.45) is -4.61. The van der Waals surface area contributed by atoms with E-state index in [-0.39, 0.29) is 28.5 Å². The summed E-state index contributed by atoms with van der Waals surface area (Å²) in [6.45, 7) is 0.821. The second-order valence-corrected chi connectivity index (χ2v) is 5.69. The zero-order valence-corrected chi connectivity index (χ0v) is 14.4. The van der Waals surface area contributed by atoms with Crippen LogP contribution in [0.1, 0.15) is 17.3 Å². The molecule has 0 saturated carbocycles. The summed E-state index contributed by atoms with van der Waals surface area (Å²) in [5, 5.41) is 5.61. The maximum absolute atomic E-state index is 13.6. The van der Waals surface area contributed by atoms with E-state index in [1.165, 1.54) is 24.1 Å². The highest BCUT2D eigenvalue weighted by molar-refractivity contribution is 6.04. The monoisotopic (exact) mass is 375 g/mol. The van der Waals surface area contributed by atoms with Gasteiger partial charge in [0.2, 0.25) is 0 Å². The summed E-state index contributed by atoms with van der Waals surface area (Å²) in [4.78, 5) is 13.9. The number of ether oxygens (including phenoxy) is 1. The second kappa shape index (κ2) is 7.22. The summed E-state index contributed by atoms with van der Waals surface area (Å²) in [7, 11) is 4.36. The van der Waals surface area contributed by atoms with E-state index in [4.69, 9.17) is 9.26 Å². The van der Waals surface area contributed by atoms with Crippen molar-refractivity contribution >= 4 is 11.7 Å². The van der Waals surface area contributed by atoms with Gasteiger partial charge in [0.1, 0.15) is 11.6 Å². The molecule has 1 heterocycles. The summed E-state index contributed by atoms with van der Waals surface area (Å²) >= 11 is 0. The van der Waals surface area contributed by atoms with Crippen molar-refractivity contribution in [1.29, 1.82) is 0 Å². The van der Waals surface area contributed by atoms with Crippen LogP contribution < -0.4 is 15.0 Å². The van der Waals surface area contributed by atoms with E-state index >= 15 is 0 Å². The molecule has 1 atom stereocenters. The Morgan fingerprint density at radius 2 is 2.00 bits per heavy atom. The number of anilines is 1. The SMILES string of the molecule is COc1cc(-c2onc(N(C)C)c2C(=O)NC(C)C(F)(F)F)ccc1F. The van der Waals surface area contributed by atoms with Gasteiger partial charge in [0.15, 0.2) is 23.1 Å². The average molecular weight is 375 g/mol. The Morgan fingerprint density at radius 3 is 2.54 bits per heavy atom. The van der Waals surface area contributed by atoms with Crippen molar-refractivity contribution in [3.63, 3.8) is 0 Å². The smallest absolute Gasteiger partial charge is 0.408 e. The van der Waals surface area contributed by atoms with Gasteiger partial charge in [0, 0.05) is 19.7 Å². The fourth-order valence-electron chi connectivity index (χ4n) is 2.14. The summed E-state index contributed by atoms with van der Waals surface area (Å²) in [5.41, 5.74) is 0.0356. The third kappa shape index (κ3) is 3.89. The molecule has 26 heavy (non-hydrogen) atoms. The Balaban J connectivity index is 2.51. The first-order valence-corrected chi connectivity index (χ1v) is 7.44. The molecule has 142 valence electrons. The Bertz CT molecular complexity index is 803. The molecule has 1 N–H and O–H groups in total. The number of rotatable bonds is 5. The minimum atomic E-state index is -4.61. The van der Waals surface area contributed by atoms with Gasteiger partial charge in [0.25, 0.3) is 5.91 Å². The lowest BCUT2D eigenvalue weighted by Crippen LogP contribution is -2.43. The summed E-state index contributed by atoms with van der Waals surface area (Å²) in [5.74, 6) is -1.83. The quantitative estimate of drug-likeness (QED) is 0.813. The zero-order chi connectivity index (χ0) is 19.6. The molecule has 10 heteroatoms. The highest BCUT2D eigenvalue weighted by atomic mass is 19.4. The van der Waals surface area contributed by atoms with E-state index in [1.54, 1.807) is 14.1 Å². The molecule has 0 bridgehead atoms. The normalized spacial score (nSPS) is 12.6. The molecule has 0 spiro atoms. The standard InChI is InChI=1S/C16H17F4N3O3/c1-8(16(18,19)20)21-15(24)12-13(26-22-14(12)23(2)3)9-5-6-10(17)11(7-9)25-4/h5-8H,1-4H3,(H,21,24). The molecular formula is C16H17F4N3O3. The van der Waals surface area contributed by atoms with Crippen molar-refractivity contribution in [3.05, 3.63) is 29.6 Å². The number of nitrogens with zero attached hydrogens (tertiary/aromatic N) is 2. The zero-order valence-electron chi connectivity index (χ0n) is 14.4. The van der Waals surface area contributed by atoms with Crippen LogP contribution in [-0.4, -0.2) is 44.5 Å². The van der Waals surface area contributed by atoms with Gasteiger partial charge in [-0.15, -0.1) is 0 Å². The number of nitrogens with one attached hydrogen (secondary N) is 1. The Kier molecular flexibility index (Phi) is 5.43. The third-order valence-electron chi connectivity index (χ3n) is 3.58. The van der Waals surface area contributed by atoms with Gasteiger partial charge in [-0.3, -0.25) is 4.79 Å². The molecule has 1 aromatic carbocycles. The number of hydrogen-bond donors (Lipinski definition) is 1. The van der Waals surface area contributed by atoms with Crippen molar-refractivity contribution in [2.24, 2.45) is 0 Å². The lowest BCUT2D eigenvalue weighted by atomic mass is 10.1. The number of hydrogen-bond acceptors (Lipinski definition) is 5. The fraction of sp³-hybridized carbons (Fsp3) is 0.375. The summed E-state index contributed by atoms with van der Waals surface area (Å²) < 4.78 is 61.9. The third-order valence-corrected chi connectivity index (χ3v) is 3.58. The van der Waals surface area contributed by atoms with Crippen molar-refractivity contribution in [2.45, 2.75) is 19.1 Å². The van der Waals surface area contributed by atoms with Crippen LogP contribution in [0.5, 0.6) is 5.75 Å². The molecule has 0 saturated heterocycles. The first-order valence-electron chi connectivity index (χ1n) is 7.44. The van der Waals surface area contributed by atoms with Gasteiger partial charge in [-0.2, -0.15) is 13.2 Å². The van der Waals surface area contributed by atoms with Gasteiger partial charge in [-0.25, -0.2) is 4.39 Å². The van der Waals surface area contributed by atoms with Crippen molar-refractivity contribution < 1.29 is 31.6 Å². The molecule has 2 rings (SSSR count). The lowest BCUT2D eigenvalue weighted by molar-refractivity contribution is -0.149. The van der Waals surface area contributed by atoms with E-state index in [0.717, 1.165) is 13.0 Å². The Morgan fingerprint density at radius 1 is 1.35 bits per heavy atom. The molecule has 0 aliphatic rings. The highest BCUT2D eigenvalue weighted by Gasteiger charge is 2.38. The van der Waals surface area contributed by atoms with Crippen LogP contribution in [0.4, 0.5) is 23.4 Å². The predicted molar refractivity (Wildman–Crippen MR) is 85.8 cm³/mol. The van der Waals surface area contributed by atoms with Gasteiger partial charge in [-0.05, 0) is 25.1 Å². The second-order valence-electron chi connectivity index (χ2n) is 5.69. The van der Waals surface area contributed by atoms with Gasteiger partial charge >= 0.3 is 6.18 Å². The van der Waals surface area contributed by atoms with Gasteiger partial charge in [-0.1, -0.05) is 5.16 Å². The van der Waals surface area contributed by atoms with Crippen molar-refractivity contribution in [2.75, 3.05) is 26.1 Å². The van der Waals surface area contributed by atoms with Crippen LogP contribution in [0.3, 0.4) is 0 Å². The first-order chi connectivity index (χ1) is 12.1. The number of halogens is 4. The number of amides is 1. The van der Waals surface area contributed by atoms with E-state index in [1.807, 2.05) is 5.32 Å². The van der Waals surface area contributed by atoms with Crippen LogP contribution in [0.15, 0.2) is 22.7 Å². The molecule has 1 aromatic heterocycles. The maximum atomic E-state index is 13.6. The number of carbonyl (C=O) groups is 1. The Labute approximate surface area is 146 Å². The van der Waals surface area contributed by atoms with Crippen molar-refractivity contribution in [3.8, 4) is 17.1 Å². The topological polar surface area (TPSA) is 67.6 Å². The van der Waals surface area contributed by atoms with E-state index in [0.29, 0.717) is 0 Å². The number of carbonyl (C=O) groups excluding carboxylic acids is 1. The molecular weight excluding hydrogens is 358 g/mol. The van der Waals surface area contributed by atoms with Crippen molar-refractivity contribution in [1.82, 2.24) is 10.5 Å². The number of alkyl halides is 3. The van der Waals surface area contributed by atoms with Gasteiger partial charge in [0.05, 0.1) is 7.11 Å². The molecule has 2 aromatic rings. The lowest BCUT2D eigenvalue weighted by Gasteiger charge is -2.18. The first kappa shape index (κ1) is 19.5. The molecule has 0 aliphatic carbocycles. The van der Waals surface area contributed by atoms with E-state index in [9.17, 15) is 22.4 Å². The van der Waals surface area contributed by atoms with Gasteiger partial charge < -0.3 is 19.5 Å². The molecule has 0 fully saturated rings. The van der Waals surface area contributed by atoms with E-state index in [2.05, 4.69) is 5.16 Å². The summed E-state index contributed by atoms with van der Waals surface area (Å²) in [6, 6.07) is 1.59. The number of aromatic nitrogens is 1. The largest absolute Gasteiger partial charge is 0.494 e. The number of benzene rings is 1. The Hall–Kier alpha value is -2.78. The average Bonchev–Trinajstić information content (AvgIpc) is 2.99. The fourth-order valence-corrected chi connectivity index (χ4v) is 2.14.